The topological polar surface area (TPSA) is 107 Å². The summed E-state index contributed by atoms with van der Waals surface area (Å²) < 4.78 is 38.5. The van der Waals surface area contributed by atoms with E-state index in [0.717, 1.165) is 35.9 Å². The van der Waals surface area contributed by atoms with Gasteiger partial charge in [0.25, 0.3) is 5.91 Å². The maximum Gasteiger partial charge on any atom is 0.263 e. The van der Waals surface area contributed by atoms with E-state index in [1.54, 1.807) is 12.0 Å². The highest BCUT2D eigenvalue weighted by molar-refractivity contribution is 7.92. The second kappa shape index (κ2) is 11.8. The minimum absolute atomic E-state index is 0.384. The third kappa shape index (κ3) is 7.12. The zero-order valence-corrected chi connectivity index (χ0v) is 20.8. The van der Waals surface area contributed by atoms with Crippen LogP contribution < -0.4 is 9.54 Å². The maximum absolute atomic E-state index is 12.6. The number of ether oxygens (including phenoxy) is 2. The molecule has 182 valence electrons. The summed E-state index contributed by atoms with van der Waals surface area (Å²) in [6.07, 6.45) is 3.83. The number of sulfone groups is 1. The average molecular weight is 498 g/mol. The molecule has 1 saturated heterocycles. The summed E-state index contributed by atoms with van der Waals surface area (Å²) in [4.78, 5) is 31.1. The Morgan fingerprint density at radius 1 is 1.12 bits per heavy atom. The molecule has 9 nitrogen and oxygen atoms in total. The first-order valence-electron chi connectivity index (χ1n) is 11.1. The van der Waals surface area contributed by atoms with E-state index in [2.05, 4.69) is 4.99 Å². The number of rotatable bonds is 9. The molecule has 1 fully saturated rings. The van der Waals surface area contributed by atoms with Gasteiger partial charge in [0, 0.05) is 26.7 Å². The number of carbonyl (C=O) groups excluding carboxylic acids is 2. The normalized spacial score (nSPS) is 15.6. The Labute approximate surface area is 197 Å². The molecule has 1 aliphatic heterocycles. The van der Waals surface area contributed by atoms with Crippen molar-refractivity contribution in [3.05, 3.63) is 23.0 Å². The number of aromatic nitrogens is 1. The van der Waals surface area contributed by atoms with E-state index in [-0.39, 0.29) is 0 Å². The van der Waals surface area contributed by atoms with Crippen molar-refractivity contribution in [1.82, 2.24) is 9.47 Å². The third-order valence-corrected chi connectivity index (χ3v) is 7.76. The summed E-state index contributed by atoms with van der Waals surface area (Å²) in [5.74, 6) is -1.98. The van der Waals surface area contributed by atoms with Crippen molar-refractivity contribution in [3.63, 3.8) is 0 Å². The van der Waals surface area contributed by atoms with Gasteiger partial charge in [-0.15, -0.1) is 0 Å². The lowest BCUT2D eigenvalue weighted by molar-refractivity contribution is -0.128. The number of carbonyl (C=O) groups is 2. The van der Waals surface area contributed by atoms with Gasteiger partial charge in [0.1, 0.15) is 17.3 Å². The zero-order chi connectivity index (χ0) is 23.8. The summed E-state index contributed by atoms with van der Waals surface area (Å²) in [5, 5.41) is 0. The molecule has 2 aromatic rings. The van der Waals surface area contributed by atoms with E-state index in [1.165, 1.54) is 11.3 Å². The van der Waals surface area contributed by atoms with Crippen LogP contribution in [0, 0.1) is 0 Å². The van der Waals surface area contributed by atoms with Crippen LogP contribution in [0.3, 0.4) is 0 Å². The van der Waals surface area contributed by atoms with Gasteiger partial charge in [-0.2, -0.15) is 4.99 Å². The van der Waals surface area contributed by atoms with Gasteiger partial charge in [-0.05, 0) is 38.0 Å². The molecular formula is C22H31N3O6S2. The van der Waals surface area contributed by atoms with Crippen LogP contribution in [0.25, 0.3) is 10.2 Å². The minimum atomic E-state index is -3.92. The van der Waals surface area contributed by atoms with Gasteiger partial charge in [-0.3, -0.25) is 9.59 Å². The molecule has 2 heterocycles. The second-order valence-electron chi connectivity index (χ2n) is 7.92. The first kappa shape index (κ1) is 25.4. The number of hydrogen-bond acceptors (Lipinski definition) is 7. The molecule has 1 aromatic carbocycles. The number of likely N-dealkylation sites (tertiary alicyclic amines) is 1. The van der Waals surface area contributed by atoms with Gasteiger partial charge in [0.15, 0.2) is 14.6 Å². The Kier molecular flexibility index (Phi) is 9.04. The third-order valence-electron chi connectivity index (χ3n) is 5.35. The Balaban J connectivity index is 1.79. The van der Waals surface area contributed by atoms with Gasteiger partial charge in [0.05, 0.1) is 23.4 Å². The van der Waals surface area contributed by atoms with Gasteiger partial charge in [-0.1, -0.05) is 24.2 Å². The van der Waals surface area contributed by atoms with Gasteiger partial charge in [0.2, 0.25) is 5.91 Å². The Hall–Kier alpha value is -2.24. The van der Waals surface area contributed by atoms with Crippen molar-refractivity contribution in [2.24, 2.45) is 4.99 Å². The molecule has 3 rings (SSSR count). The molecular weight excluding hydrogens is 466 g/mol. The predicted octanol–water partition coefficient (Wildman–Crippen LogP) is 1.99. The van der Waals surface area contributed by atoms with Crippen LogP contribution in [-0.4, -0.2) is 74.6 Å². The van der Waals surface area contributed by atoms with Gasteiger partial charge in [-0.25, -0.2) is 8.42 Å². The van der Waals surface area contributed by atoms with E-state index in [4.69, 9.17) is 9.47 Å². The highest BCUT2D eigenvalue weighted by atomic mass is 32.2. The summed E-state index contributed by atoms with van der Waals surface area (Å²) in [6, 6.07) is 5.59. The van der Waals surface area contributed by atoms with Crippen molar-refractivity contribution < 1.29 is 27.5 Å². The van der Waals surface area contributed by atoms with Crippen molar-refractivity contribution >= 4 is 43.2 Å². The van der Waals surface area contributed by atoms with Crippen LogP contribution in [0.2, 0.25) is 0 Å². The summed E-state index contributed by atoms with van der Waals surface area (Å²) >= 11 is 1.28. The van der Waals surface area contributed by atoms with Crippen molar-refractivity contribution in [2.75, 3.05) is 44.9 Å². The largest absolute Gasteiger partial charge is 0.494 e. The molecule has 11 heteroatoms. The monoisotopic (exact) mass is 497 g/mol. The lowest BCUT2D eigenvalue weighted by Crippen LogP contribution is -2.37. The number of thiazole rings is 1. The van der Waals surface area contributed by atoms with Gasteiger partial charge < -0.3 is 18.9 Å². The summed E-state index contributed by atoms with van der Waals surface area (Å²) in [7, 11) is -2.34. The number of benzene rings is 1. The van der Waals surface area contributed by atoms with Crippen LogP contribution in [0.4, 0.5) is 0 Å². The highest BCUT2D eigenvalue weighted by Crippen LogP contribution is 2.23. The lowest BCUT2D eigenvalue weighted by atomic mass is 10.2. The van der Waals surface area contributed by atoms with E-state index in [9.17, 15) is 18.0 Å². The summed E-state index contributed by atoms with van der Waals surface area (Å²) in [6.45, 7) is 4.42. The fourth-order valence-electron chi connectivity index (χ4n) is 3.77. The molecule has 0 N–H and O–H groups in total. The first-order valence-corrected chi connectivity index (χ1v) is 13.8. The van der Waals surface area contributed by atoms with Crippen LogP contribution >= 0.6 is 11.3 Å². The standard InChI is InChI=1S/C22H31N3O6S2/c1-3-31-17-8-9-18-19(14-17)32-22(25(18)12-13-30-2)23-20(26)15-33(28,29)16-21(27)24-10-6-4-5-7-11-24/h8-9,14H,3-7,10-13,15-16H2,1-2H3. The molecule has 0 unspecified atom stereocenters. The highest BCUT2D eigenvalue weighted by Gasteiger charge is 2.25. The fraction of sp³-hybridized carbons (Fsp3) is 0.591. The SMILES string of the molecule is CCOc1ccc2c(c1)sc(=NC(=O)CS(=O)(=O)CC(=O)N1CCCCCC1)n2CCOC. The molecule has 0 radical (unpaired) electrons. The Morgan fingerprint density at radius 3 is 2.52 bits per heavy atom. The molecule has 0 aliphatic carbocycles. The molecule has 1 aliphatic rings. The first-order chi connectivity index (χ1) is 15.8. The molecule has 2 amide bonds. The molecule has 0 bridgehead atoms. The lowest BCUT2D eigenvalue weighted by Gasteiger charge is -2.19. The number of hydrogen-bond donors (Lipinski definition) is 0. The second-order valence-corrected chi connectivity index (χ2v) is 11.0. The average Bonchev–Trinajstić information content (AvgIpc) is 2.91. The smallest absolute Gasteiger partial charge is 0.263 e. The Bertz CT molecular complexity index is 1140. The van der Waals surface area contributed by atoms with Crippen LogP contribution in [0.5, 0.6) is 5.75 Å². The minimum Gasteiger partial charge on any atom is -0.494 e. The molecule has 0 saturated carbocycles. The van der Waals surface area contributed by atoms with Crippen LogP contribution in [0.1, 0.15) is 32.6 Å². The van der Waals surface area contributed by atoms with Crippen LogP contribution in [-0.2, 0) is 30.7 Å². The van der Waals surface area contributed by atoms with Gasteiger partial charge >= 0.3 is 0 Å². The number of amides is 2. The van der Waals surface area contributed by atoms with Crippen molar-refractivity contribution in [2.45, 2.75) is 39.2 Å². The van der Waals surface area contributed by atoms with Crippen LogP contribution in [0.15, 0.2) is 23.2 Å². The van der Waals surface area contributed by atoms with Crippen molar-refractivity contribution in [3.8, 4) is 5.75 Å². The summed E-state index contributed by atoms with van der Waals surface area (Å²) in [5.41, 5.74) is 0.853. The molecule has 33 heavy (non-hydrogen) atoms. The molecule has 0 spiro atoms. The number of fused-ring (bicyclic) bond motifs is 1. The number of nitrogens with zero attached hydrogens (tertiary/aromatic N) is 3. The molecule has 1 aromatic heterocycles. The zero-order valence-electron chi connectivity index (χ0n) is 19.1. The fourth-order valence-corrected chi connectivity index (χ4v) is 5.98. The van der Waals surface area contributed by atoms with E-state index in [0.29, 0.717) is 43.4 Å². The maximum atomic E-state index is 12.6. The predicted molar refractivity (Wildman–Crippen MR) is 127 cm³/mol. The van der Waals surface area contributed by atoms with E-state index < -0.39 is 33.2 Å². The molecule has 0 atom stereocenters. The van der Waals surface area contributed by atoms with E-state index in [1.807, 2.05) is 29.7 Å². The van der Waals surface area contributed by atoms with Crippen molar-refractivity contribution in [1.29, 1.82) is 0 Å². The van der Waals surface area contributed by atoms with E-state index >= 15 is 0 Å². The quantitative estimate of drug-likeness (QED) is 0.524. The Morgan fingerprint density at radius 2 is 1.85 bits per heavy atom. The number of methoxy groups -OCH3 is 1.